The van der Waals surface area contributed by atoms with Crippen molar-refractivity contribution in [1.29, 1.82) is 0 Å². The minimum absolute atomic E-state index is 0.00357. The van der Waals surface area contributed by atoms with E-state index in [1.54, 1.807) is 14.0 Å². The Kier molecular flexibility index (Phi) is 22.9. The Labute approximate surface area is 310 Å². The fourth-order valence-electron chi connectivity index (χ4n) is 5.02. The van der Waals surface area contributed by atoms with Crippen molar-refractivity contribution in [3.8, 4) is 0 Å². The zero-order chi connectivity index (χ0) is 40.7. The first-order valence-corrected chi connectivity index (χ1v) is 16.9. The number of aliphatic hydroxyl groups is 1. The van der Waals surface area contributed by atoms with Gasteiger partial charge >= 0.3 is 29.8 Å². The number of esters is 2. The Bertz CT molecular complexity index is 1290. The smallest absolute Gasteiger partial charge is 0.359 e. The molecule has 302 valence electrons. The predicted molar refractivity (Wildman–Crippen MR) is 187 cm³/mol. The Balaban J connectivity index is 5.73. The number of ether oxygens (including phenoxy) is 3. The van der Waals surface area contributed by atoms with E-state index in [-0.39, 0.29) is 129 Å². The van der Waals surface area contributed by atoms with Gasteiger partial charge in [-0.3, -0.25) is 9.28 Å². The summed E-state index contributed by atoms with van der Waals surface area (Å²) in [6, 6.07) is 0. The van der Waals surface area contributed by atoms with Crippen LogP contribution in [0.4, 0.5) is 0 Å². The first-order valence-electron chi connectivity index (χ1n) is 16.9. The third-order valence-electron chi connectivity index (χ3n) is 8.17. The molecule has 0 spiro atoms. The molecule has 0 aliphatic heterocycles. The minimum Gasteiger partial charge on any atom is -0.477 e. The van der Waals surface area contributed by atoms with Gasteiger partial charge in [-0.1, -0.05) is 19.7 Å². The molecule has 0 fully saturated rings. The summed E-state index contributed by atoms with van der Waals surface area (Å²) in [6.45, 7) is 13.5. The minimum atomic E-state index is -1.18. The normalized spacial score (nSPS) is 14.4. The van der Waals surface area contributed by atoms with Gasteiger partial charge in [0.2, 0.25) is 5.91 Å². The lowest BCUT2D eigenvalue weighted by atomic mass is 10.3. The fourth-order valence-corrected chi connectivity index (χ4v) is 5.02. The van der Waals surface area contributed by atoms with E-state index in [0.29, 0.717) is 5.57 Å². The maximum Gasteiger partial charge on any atom is 0.359 e. The maximum atomic E-state index is 12.1. The van der Waals surface area contributed by atoms with Gasteiger partial charge in [-0.15, -0.1) is 0 Å². The molecule has 0 aromatic carbocycles. The molecule has 19 heteroatoms. The van der Waals surface area contributed by atoms with E-state index in [1.807, 2.05) is 0 Å². The van der Waals surface area contributed by atoms with Crippen LogP contribution in [0, 0.1) is 0 Å². The molecular weight excluding hydrogens is 704 g/mol. The lowest BCUT2D eigenvalue weighted by Crippen LogP contribution is -2.58. The van der Waals surface area contributed by atoms with Crippen molar-refractivity contribution in [2.45, 2.75) is 20.8 Å². The van der Waals surface area contributed by atoms with Crippen LogP contribution in [0.25, 0.3) is 0 Å². The van der Waals surface area contributed by atoms with Gasteiger partial charge in [-0.25, -0.2) is 33.7 Å². The van der Waals surface area contributed by atoms with Gasteiger partial charge in [0, 0.05) is 16.7 Å². The predicted octanol–water partition coefficient (Wildman–Crippen LogP) is -0.834. The van der Waals surface area contributed by atoms with Gasteiger partial charge < -0.3 is 48.9 Å². The number of hydrogen-bond donors (Lipinski definition) is 5. The van der Waals surface area contributed by atoms with Crippen LogP contribution in [0.15, 0.2) is 36.5 Å². The number of rotatable bonds is 32. The van der Waals surface area contributed by atoms with Crippen molar-refractivity contribution in [2.75, 3.05) is 125 Å². The molecule has 1 amide bonds. The zero-order valence-electron chi connectivity index (χ0n) is 31.5. The first kappa shape index (κ1) is 48.8. The molecule has 3 atom stereocenters. The lowest BCUT2D eigenvalue weighted by Gasteiger charge is -2.38. The first-order chi connectivity index (χ1) is 24.7. The van der Waals surface area contributed by atoms with Crippen molar-refractivity contribution < 1.29 is 86.6 Å². The fraction of sp³-hybridized carbons (Fsp3) is 0.647. The Morgan fingerprint density at radius 2 is 1.04 bits per heavy atom. The van der Waals surface area contributed by atoms with E-state index in [1.165, 1.54) is 13.8 Å². The summed E-state index contributed by atoms with van der Waals surface area (Å²) in [4.78, 5) is 81.8. The van der Waals surface area contributed by atoms with Crippen LogP contribution in [0.2, 0.25) is 0 Å². The maximum absolute atomic E-state index is 12.1. The second kappa shape index (κ2) is 24.9. The summed E-state index contributed by atoms with van der Waals surface area (Å²) >= 11 is 0. The van der Waals surface area contributed by atoms with Crippen molar-refractivity contribution in [3.63, 3.8) is 0 Å². The summed E-state index contributed by atoms with van der Waals surface area (Å²) in [5.41, 5.74) is 0.629. The van der Waals surface area contributed by atoms with E-state index in [2.05, 4.69) is 25.1 Å². The summed E-state index contributed by atoms with van der Waals surface area (Å²) in [5.74, 6) is -5.07. The molecule has 3 unspecified atom stereocenters. The highest BCUT2D eigenvalue weighted by Gasteiger charge is 2.34. The summed E-state index contributed by atoms with van der Waals surface area (Å²) in [7, 11) is 1.69. The van der Waals surface area contributed by atoms with E-state index in [0.717, 1.165) is 0 Å². The van der Waals surface area contributed by atoms with Gasteiger partial charge in [0.1, 0.15) is 72.3 Å². The molecule has 0 aromatic heterocycles. The number of carbonyl (C=O) groups is 6. The quantitative estimate of drug-likeness (QED) is 0.0107. The number of carbonyl (C=O) groups excluding carboxylic acids is 3. The van der Waals surface area contributed by atoms with Gasteiger partial charge in [0.15, 0.2) is 26.4 Å². The van der Waals surface area contributed by atoms with Crippen molar-refractivity contribution in [2.24, 2.45) is 0 Å². The van der Waals surface area contributed by atoms with Crippen LogP contribution in [0.5, 0.6) is 0 Å². The van der Waals surface area contributed by atoms with E-state index >= 15 is 0 Å². The SMILES string of the molecule is C=C(C)C(=O)NCC[N+](C)(CCOOCC[N+](CCOC[N+](CCO)(CCOC(=O)C(=C)C)CC(=O)O)(CCOC(=O)C(=C)C)CC(=O)O)CC(=O)O. The monoisotopic (exact) mass is 763 g/mol. The van der Waals surface area contributed by atoms with Gasteiger partial charge in [0.25, 0.3) is 0 Å². The van der Waals surface area contributed by atoms with Gasteiger partial charge in [-0.2, -0.15) is 0 Å². The molecule has 5 N–H and O–H groups in total. The van der Waals surface area contributed by atoms with Crippen LogP contribution < -0.4 is 5.32 Å². The number of hydrogen-bond acceptors (Lipinski definition) is 12. The summed E-state index contributed by atoms with van der Waals surface area (Å²) < 4.78 is 15.8. The largest absolute Gasteiger partial charge is 0.477 e. The Hall–Kier alpha value is -4.24. The van der Waals surface area contributed by atoms with Crippen LogP contribution in [0.1, 0.15) is 20.8 Å². The highest BCUT2D eigenvalue weighted by molar-refractivity contribution is 5.92. The number of nitrogens with zero attached hydrogens (tertiary/aromatic N) is 3. The number of carboxylic acid groups (broad SMARTS) is 3. The number of quaternary nitrogens is 3. The highest BCUT2D eigenvalue weighted by atomic mass is 17.2. The van der Waals surface area contributed by atoms with Crippen LogP contribution >= 0.6 is 0 Å². The second-order valence-electron chi connectivity index (χ2n) is 13.3. The van der Waals surface area contributed by atoms with Crippen molar-refractivity contribution >= 4 is 35.8 Å². The molecule has 0 bridgehead atoms. The molecule has 19 nitrogen and oxygen atoms in total. The number of amides is 1. The Morgan fingerprint density at radius 3 is 1.51 bits per heavy atom. The van der Waals surface area contributed by atoms with Crippen LogP contribution in [0.3, 0.4) is 0 Å². The van der Waals surface area contributed by atoms with Gasteiger partial charge in [0.05, 0.1) is 26.7 Å². The molecule has 0 aliphatic carbocycles. The topological polar surface area (TPSA) is 242 Å². The lowest BCUT2D eigenvalue weighted by molar-refractivity contribution is -0.944. The third-order valence-corrected chi connectivity index (χ3v) is 8.17. The summed E-state index contributed by atoms with van der Waals surface area (Å²) in [6.07, 6.45) is 0. The molecule has 0 saturated heterocycles. The molecule has 0 radical (unpaired) electrons. The third kappa shape index (κ3) is 21.8. The number of aliphatic carboxylic acids is 3. The van der Waals surface area contributed by atoms with Crippen LogP contribution in [-0.4, -0.2) is 195 Å². The molecular formula is C34H59N4O15+3. The number of carboxylic acids is 3. The summed E-state index contributed by atoms with van der Waals surface area (Å²) in [5, 5.41) is 41.2. The van der Waals surface area contributed by atoms with Crippen LogP contribution in [-0.2, 0) is 52.8 Å². The standard InChI is InChI=1S/C34H56N4O15/c1-26(2)32(46)35-8-9-36(7,22-29(40)41)11-20-52-53-21-15-37(23-30(42)43,13-18-50-33(47)27(3)4)12-17-49-25-38(10-16-39,24-31(44)45)14-19-51-34(48)28(5)6/h39H,1,3,5,8-25H2,2,4,6-7H3,(H-3,35,40,41,42,43,44,45,46)/p+3. The molecule has 0 saturated carbocycles. The molecule has 0 heterocycles. The Morgan fingerprint density at radius 1 is 0.585 bits per heavy atom. The molecule has 53 heavy (non-hydrogen) atoms. The second-order valence-corrected chi connectivity index (χ2v) is 13.3. The molecule has 0 aromatic rings. The number of aliphatic hydroxyl groups excluding tert-OH is 1. The molecule has 0 rings (SSSR count). The van der Waals surface area contributed by atoms with Gasteiger partial charge in [-0.05, 0) is 20.8 Å². The number of nitrogens with one attached hydrogen (secondary N) is 1. The van der Waals surface area contributed by atoms with Crippen molar-refractivity contribution in [3.05, 3.63) is 36.5 Å². The average molecular weight is 764 g/mol. The molecule has 0 aliphatic rings. The van der Waals surface area contributed by atoms with E-state index in [9.17, 15) is 49.2 Å². The van der Waals surface area contributed by atoms with Crippen molar-refractivity contribution in [1.82, 2.24) is 5.32 Å². The van der Waals surface area contributed by atoms with E-state index < -0.39 is 49.5 Å². The average Bonchev–Trinajstić information content (AvgIpc) is 3.03. The number of likely N-dealkylation sites (N-methyl/N-ethyl adjacent to an activating group) is 1. The zero-order valence-corrected chi connectivity index (χ0v) is 31.5. The van der Waals surface area contributed by atoms with E-state index in [4.69, 9.17) is 24.0 Å². The highest BCUT2D eigenvalue weighted by Crippen LogP contribution is 2.12.